The molecule has 0 aromatic heterocycles. The fourth-order valence-corrected chi connectivity index (χ4v) is 2.78. The molecule has 126 valence electrons. The Labute approximate surface area is 135 Å². The SMILES string of the molecule is C=C(CCCCCCCCCCCCCC(C)C)C(C)C. The van der Waals surface area contributed by atoms with Gasteiger partial charge >= 0.3 is 0 Å². The van der Waals surface area contributed by atoms with Crippen LogP contribution in [0.15, 0.2) is 12.2 Å². The minimum absolute atomic E-state index is 0.672. The van der Waals surface area contributed by atoms with Crippen molar-refractivity contribution in [3.63, 3.8) is 0 Å². The van der Waals surface area contributed by atoms with Gasteiger partial charge in [0.25, 0.3) is 0 Å². The minimum atomic E-state index is 0.672. The molecule has 0 atom stereocenters. The van der Waals surface area contributed by atoms with Gasteiger partial charge in [-0.05, 0) is 24.7 Å². The lowest BCUT2D eigenvalue weighted by Gasteiger charge is -2.08. The fraction of sp³-hybridized carbons (Fsp3) is 0.905. The Bertz CT molecular complexity index is 224. The summed E-state index contributed by atoms with van der Waals surface area (Å²) >= 11 is 0. The molecule has 0 nitrogen and oxygen atoms in total. The van der Waals surface area contributed by atoms with Crippen molar-refractivity contribution < 1.29 is 0 Å². The summed E-state index contributed by atoms with van der Waals surface area (Å²) in [5, 5.41) is 0. The van der Waals surface area contributed by atoms with Gasteiger partial charge in [-0.3, -0.25) is 0 Å². The molecule has 0 saturated heterocycles. The van der Waals surface area contributed by atoms with Crippen LogP contribution in [-0.2, 0) is 0 Å². The molecule has 0 N–H and O–H groups in total. The van der Waals surface area contributed by atoms with E-state index in [1.165, 1.54) is 89.0 Å². The smallest absolute Gasteiger partial charge is 0.0263 e. The topological polar surface area (TPSA) is 0 Å². The van der Waals surface area contributed by atoms with Crippen molar-refractivity contribution in [2.45, 2.75) is 111 Å². The number of rotatable bonds is 15. The molecule has 21 heavy (non-hydrogen) atoms. The first-order valence-corrected chi connectivity index (χ1v) is 9.71. The summed E-state index contributed by atoms with van der Waals surface area (Å²) in [7, 11) is 0. The second kappa shape index (κ2) is 14.7. The number of unbranched alkanes of at least 4 members (excludes halogenated alkanes) is 10. The second-order valence-corrected chi connectivity index (χ2v) is 7.63. The lowest BCUT2D eigenvalue weighted by molar-refractivity contribution is 0.503. The zero-order valence-corrected chi connectivity index (χ0v) is 15.6. The monoisotopic (exact) mass is 294 g/mol. The van der Waals surface area contributed by atoms with E-state index in [2.05, 4.69) is 34.3 Å². The van der Waals surface area contributed by atoms with Crippen LogP contribution in [0, 0.1) is 11.8 Å². The van der Waals surface area contributed by atoms with E-state index in [1.807, 2.05) is 0 Å². The van der Waals surface area contributed by atoms with Gasteiger partial charge in [0.2, 0.25) is 0 Å². The summed E-state index contributed by atoms with van der Waals surface area (Å²) in [6.45, 7) is 13.3. The van der Waals surface area contributed by atoms with E-state index in [4.69, 9.17) is 0 Å². The van der Waals surface area contributed by atoms with E-state index in [0.29, 0.717) is 5.92 Å². The van der Waals surface area contributed by atoms with E-state index in [9.17, 15) is 0 Å². The van der Waals surface area contributed by atoms with Crippen LogP contribution in [0.3, 0.4) is 0 Å². The van der Waals surface area contributed by atoms with E-state index in [1.54, 1.807) is 0 Å². The molecule has 0 fully saturated rings. The molecule has 0 rings (SSSR count). The summed E-state index contributed by atoms with van der Waals surface area (Å²) in [5.74, 6) is 1.56. The summed E-state index contributed by atoms with van der Waals surface area (Å²) in [6.07, 6.45) is 18.5. The van der Waals surface area contributed by atoms with Crippen molar-refractivity contribution in [3.05, 3.63) is 12.2 Å². The van der Waals surface area contributed by atoms with Crippen LogP contribution in [0.1, 0.15) is 111 Å². The van der Waals surface area contributed by atoms with Crippen LogP contribution >= 0.6 is 0 Å². The van der Waals surface area contributed by atoms with E-state index >= 15 is 0 Å². The first kappa shape index (κ1) is 20.7. The van der Waals surface area contributed by atoms with Crippen LogP contribution < -0.4 is 0 Å². The third kappa shape index (κ3) is 15.9. The molecule has 0 unspecified atom stereocenters. The molecule has 0 radical (unpaired) electrons. The normalized spacial score (nSPS) is 11.5. The lowest BCUT2D eigenvalue weighted by atomic mass is 9.98. The van der Waals surface area contributed by atoms with Crippen molar-refractivity contribution in [2.75, 3.05) is 0 Å². The average Bonchev–Trinajstić information content (AvgIpc) is 2.43. The van der Waals surface area contributed by atoms with Crippen LogP contribution in [0.5, 0.6) is 0 Å². The van der Waals surface area contributed by atoms with Crippen molar-refractivity contribution in [1.29, 1.82) is 0 Å². The summed E-state index contributed by atoms with van der Waals surface area (Å²) < 4.78 is 0. The zero-order chi connectivity index (χ0) is 15.9. The summed E-state index contributed by atoms with van der Waals surface area (Å²) in [6, 6.07) is 0. The number of hydrogen-bond acceptors (Lipinski definition) is 0. The van der Waals surface area contributed by atoms with Crippen molar-refractivity contribution >= 4 is 0 Å². The molecule has 0 heteroatoms. The standard InChI is InChI=1S/C21H42/c1-19(2)17-15-13-11-9-7-6-8-10-12-14-16-18-21(5)20(3)4/h19-20H,5-18H2,1-4H3. The van der Waals surface area contributed by atoms with Gasteiger partial charge in [-0.2, -0.15) is 0 Å². The van der Waals surface area contributed by atoms with Gasteiger partial charge in [0.15, 0.2) is 0 Å². The Balaban J connectivity index is 3.08. The highest BCUT2D eigenvalue weighted by Crippen LogP contribution is 2.17. The summed E-state index contributed by atoms with van der Waals surface area (Å²) in [5.41, 5.74) is 1.44. The molecular formula is C21H42. The Morgan fingerprint density at radius 2 is 1.00 bits per heavy atom. The van der Waals surface area contributed by atoms with E-state index in [0.717, 1.165) is 5.92 Å². The van der Waals surface area contributed by atoms with Gasteiger partial charge in [-0.1, -0.05) is 110 Å². The summed E-state index contributed by atoms with van der Waals surface area (Å²) in [4.78, 5) is 0. The first-order chi connectivity index (χ1) is 10.0. The predicted octanol–water partition coefficient (Wildman–Crippen LogP) is 7.93. The average molecular weight is 295 g/mol. The Morgan fingerprint density at radius 3 is 1.38 bits per heavy atom. The largest absolute Gasteiger partial charge is 0.0996 e. The van der Waals surface area contributed by atoms with Crippen LogP contribution in [0.2, 0.25) is 0 Å². The highest BCUT2D eigenvalue weighted by molar-refractivity contribution is 4.96. The van der Waals surface area contributed by atoms with Gasteiger partial charge < -0.3 is 0 Å². The van der Waals surface area contributed by atoms with Crippen molar-refractivity contribution in [2.24, 2.45) is 11.8 Å². The fourth-order valence-electron chi connectivity index (χ4n) is 2.78. The highest BCUT2D eigenvalue weighted by Gasteiger charge is 1.99. The quantitative estimate of drug-likeness (QED) is 0.212. The maximum atomic E-state index is 4.15. The molecule has 0 amide bonds. The van der Waals surface area contributed by atoms with Gasteiger partial charge in [0, 0.05) is 0 Å². The number of hydrogen-bond donors (Lipinski definition) is 0. The third-order valence-electron chi connectivity index (χ3n) is 4.60. The molecule has 0 spiro atoms. The molecule has 0 aliphatic carbocycles. The molecule has 0 saturated carbocycles. The van der Waals surface area contributed by atoms with Crippen LogP contribution in [-0.4, -0.2) is 0 Å². The predicted molar refractivity (Wildman–Crippen MR) is 98.8 cm³/mol. The molecule has 0 heterocycles. The third-order valence-corrected chi connectivity index (χ3v) is 4.60. The zero-order valence-electron chi connectivity index (χ0n) is 15.6. The second-order valence-electron chi connectivity index (χ2n) is 7.63. The molecule has 0 bridgehead atoms. The Morgan fingerprint density at radius 1 is 0.619 bits per heavy atom. The molecule has 0 aliphatic rings. The minimum Gasteiger partial charge on any atom is -0.0996 e. The van der Waals surface area contributed by atoms with Crippen molar-refractivity contribution in [3.8, 4) is 0 Å². The molecule has 0 aromatic rings. The Kier molecular flexibility index (Phi) is 14.5. The first-order valence-electron chi connectivity index (χ1n) is 9.71. The highest BCUT2D eigenvalue weighted by atomic mass is 14.1. The maximum absolute atomic E-state index is 4.15. The van der Waals surface area contributed by atoms with Gasteiger partial charge in [-0.15, -0.1) is 0 Å². The van der Waals surface area contributed by atoms with E-state index in [-0.39, 0.29) is 0 Å². The maximum Gasteiger partial charge on any atom is -0.0263 e. The van der Waals surface area contributed by atoms with Gasteiger partial charge in [0.1, 0.15) is 0 Å². The van der Waals surface area contributed by atoms with Crippen LogP contribution in [0.4, 0.5) is 0 Å². The van der Waals surface area contributed by atoms with Gasteiger partial charge in [0.05, 0.1) is 0 Å². The van der Waals surface area contributed by atoms with E-state index < -0.39 is 0 Å². The lowest BCUT2D eigenvalue weighted by Crippen LogP contribution is -1.92. The Hall–Kier alpha value is -0.260. The molecular weight excluding hydrogens is 252 g/mol. The van der Waals surface area contributed by atoms with Crippen LogP contribution in [0.25, 0.3) is 0 Å². The molecule has 0 aromatic carbocycles. The number of allylic oxidation sites excluding steroid dienone is 1. The van der Waals surface area contributed by atoms with Gasteiger partial charge in [-0.25, -0.2) is 0 Å². The van der Waals surface area contributed by atoms with Crippen molar-refractivity contribution in [1.82, 2.24) is 0 Å². The molecule has 0 aliphatic heterocycles.